The highest BCUT2D eigenvalue weighted by molar-refractivity contribution is 7.92. The van der Waals surface area contributed by atoms with Gasteiger partial charge >= 0.3 is 5.97 Å². The molecule has 18 heavy (non-hydrogen) atoms. The van der Waals surface area contributed by atoms with Crippen LogP contribution in [-0.4, -0.2) is 32.4 Å². The molecular weight excluding hydrogens is 258 g/mol. The lowest BCUT2D eigenvalue weighted by Crippen LogP contribution is -2.17. The third-order valence-corrected chi connectivity index (χ3v) is 3.27. The Labute approximate surface area is 105 Å². The maximum atomic E-state index is 11.6. The Morgan fingerprint density at radius 3 is 2.72 bits per heavy atom. The van der Waals surface area contributed by atoms with Gasteiger partial charge in [0, 0.05) is 6.07 Å². The molecule has 1 aromatic rings. The Morgan fingerprint density at radius 1 is 1.56 bits per heavy atom. The average molecular weight is 271 g/mol. The topological polar surface area (TPSA) is 92.7 Å². The van der Waals surface area contributed by atoms with Crippen molar-refractivity contribution in [3.8, 4) is 5.75 Å². The number of carbonyl (C=O) groups is 1. The van der Waals surface area contributed by atoms with E-state index in [4.69, 9.17) is 9.84 Å². The van der Waals surface area contributed by atoms with E-state index in [1.54, 1.807) is 0 Å². The van der Waals surface area contributed by atoms with E-state index in [-0.39, 0.29) is 17.0 Å². The Morgan fingerprint density at radius 2 is 2.22 bits per heavy atom. The minimum atomic E-state index is -3.65. The number of carboxylic acid groups (broad SMARTS) is 1. The second kappa shape index (κ2) is 5.54. The van der Waals surface area contributed by atoms with E-state index in [2.05, 4.69) is 11.3 Å². The first-order chi connectivity index (χ1) is 8.39. The van der Waals surface area contributed by atoms with Gasteiger partial charge in [0.25, 0.3) is 0 Å². The largest absolute Gasteiger partial charge is 0.497 e. The van der Waals surface area contributed by atoms with Crippen LogP contribution in [0, 0.1) is 0 Å². The first-order valence-electron chi connectivity index (χ1n) is 4.92. The maximum Gasteiger partial charge on any atom is 0.337 e. The molecule has 0 saturated heterocycles. The SMILES string of the molecule is C=CCS(=O)(=O)Nc1cc(OC)ccc1C(=O)O. The number of nitrogens with one attached hydrogen (secondary N) is 1. The van der Waals surface area contributed by atoms with Gasteiger partial charge in [0.05, 0.1) is 24.1 Å². The molecule has 0 unspecified atom stereocenters. The molecule has 6 nitrogen and oxygen atoms in total. The Hall–Kier alpha value is -2.02. The van der Waals surface area contributed by atoms with Crippen LogP contribution in [0.25, 0.3) is 0 Å². The predicted octanol–water partition coefficient (Wildman–Crippen LogP) is 1.32. The summed E-state index contributed by atoms with van der Waals surface area (Å²) in [6.45, 7) is 3.32. The Balaban J connectivity index is 3.20. The van der Waals surface area contributed by atoms with Crippen molar-refractivity contribution in [1.29, 1.82) is 0 Å². The number of rotatable bonds is 6. The highest BCUT2D eigenvalue weighted by Gasteiger charge is 2.16. The van der Waals surface area contributed by atoms with Crippen LogP contribution in [0.5, 0.6) is 5.75 Å². The highest BCUT2D eigenvalue weighted by Crippen LogP contribution is 2.23. The van der Waals surface area contributed by atoms with Crippen molar-refractivity contribution in [1.82, 2.24) is 0 Å². The van der Waals surface area contributed by atoms with E-state index in [9.17, 15) is 13.2 Å². The number of anilines is 1. The molecular formula is C11H13NO5S. The summed E-state index contributed by atoms with van der Waals surface area (Å²) in [6.07, 6.45) is 1.21. The van der Waals surface area contributed by atoms with Crippen LogP contribution < -0.4 is 9.46 Å². The quantitative estimate of drug-likeness (QED) is 0.761. The van der Waals surface area contributed by atoms with Gasteiger partial charge in [-0.15, -0.1) is 6.58 Å². The first kappa shape index (κ1) is 14.0. The molecule has 0 amide bonds. The predicted molar refractivity (Wildman–Crippen MR) is 67.6 cm³/mol. The number of ether oxygens (including phenoxy) is 1. The van der Waals surface area contributed by atoms with Crippen molar-refractivity contribution < 1.29 is 23.1 Å². The van der Waals surface area contributed by atoms with Crippen molar-refractivity contribution >= 4 is 21.7 Å². The molecule has 0 aliphatic carbocycles. The van der Waals surface area contributed by atoms with Gasteiger partial charge in [-0.05, 0) is 12.1 Å². The number of benzene rings is 1. The van der Waals surface area contributed by atoms with Crippen molar-refractivity contribution in [3.05, 3.63) is 36.4 Å². The molecule has 2 N–H and O–H groups in total. The van der Waals surface area contributed by atoms with E-state index in [0.29, 0.717) is 5.75 Å². The number of aromatic carboxylic acids is 1. The fourth-order valence-electron chi connectivity index (χ4n) is 1.29. The number of methoxy groups -OCH3 is 1. The molecule has 0 aliphatic heterocycles. The average Bonchev–Trinajstić information content (AvgIpc) is 2.27. The zero-order valence-electron chi connectivity index (χ0n) is 9.71. The normalized spacial score (nSPS) is 10.7. The number of hydrogen-bond acceptors (Lipinski definition) is 4. The van der Waals surface area contributed by atoms with Gasteiger partial charge in [-0.2, -0.15) is 0 Å². The van der Waals surface area contributed by atoms with Crippen LogP contribution in [0.15, 0.2) is 30.9 Å². The molecule has 0 aromatic heterocycles. The monoisotopic (exact) mass is 271 g/mol. The van der Waals surface area contributed by atoms with Gasteiger partial charge in [-0.1, -0.05) is 6.08 Å². The van der Waals surface area contributed by atoms with Crippen molar-refractivity contribution in [2.75, 3.05) is 17.6 Å². The zero-order valence-corrected chi connectivity index (χ0v) is 10.5. The molecule has 7 heteroatoms. The fraction of sp³-hybridized carbons (Fsp3) is 0.182. The summed E-state index contributed by atoms with van der Waals surface area (Å²) in [5, 5.41) is 8.96. The summed E-state index contributed by atoms with van der Waals surface area (Å²) >= 11 is 0. The molecule has 0 radical (unpaired) electrons. The van der Waals surface area contributed by atoms with Gasteiger partial charge in [0.1, 0.15) is 5.75 Å². The van der Waals surface area contributed by atoms with E-state index in [0.717, 1.165) is 0 Å². The summed E-state index contributed by atoms with van der Waals surface area (Å²) in [5.41, 5.74) is -0.188. The third kappa shape index (κ3) is 3.49. The Kier molecular flexibility index (Phi) is 4.33. The summed E-state index contributed by atoms with van der Waals surface area (Å²) in [4.78, 5) is 11.0. The lowest BCUT2D eigenvalue weighted by molar-refractivity contribution is 0.0698. The van der Waals surface area contributed by atoms with Crippen LogP contribution in [0.1, 0.15) is 10.4 Å². The summed E-state index contributed by atoms with van der Waals surface area (Å²) < 4.78 is 30.2. The molecule has 0 fully saturated rings. The highest BCUT2D eigenvalue weighted by atomic mass is 32.2. The third-order valence-electron chi connectivity index (χ3n) is 2.06. The van der Waals surface area contributed by atoms with Gasteiger partial charge in [-0.25, -0.2) is 13.2 Å². The van der Waals surface area contributed by atoms with E-state index >= 15 is 0 Å². The summed E-state index contributed by atoms with van der Waals surface area (Å²) in [7, 11) is -2.25. The van der Waals surface area contributed by atoms with Gasteiger partial charge in [-0.3, -0.25) is 4.72 Å². The van der Waals surface area contributed by atoms with Crippen LogP contribution in [-0.2, 0) is 10.0 Å². The number of carboxylic acids is 1. The minimum Gasteiger partial charge on any atom is -0.497 e. The molecule has 0 atom stereocenters. The second-order valence-electron chi connectivity index (χ2n) is 3.39. The first-order valence-corrected chi connectivity index (χ1v) is 6.57. The van der Waals surface area contributed by atoms with E-state index in [1.165, 1.54) is 31.4 Å². The molecule has 1 rings (SSSR count). The standard InChI is InChI=1S/C11H13NO5S/c1-3-6-18(15,16)12-10-7-8(17-2)4-5-9(10)11(13)14/h3-5,7,12H,1,6H2,2H3,(H,13,14). The van der Waals surface area contributed by atoms with Crippen molar-refractivity contribution in [3.63, 3.8) is 0 Å². The molecule has 0 heterocycles. The maximum absolute atomic E-state index is 11.6. The summed E-state index contributed by atoms with van der Waals surface area (Å²) in [5.74, 6) is -1.17. The molecule has 0 saturated carbocycles. The lowest BCUT2D eigenvalue weighted by atomic mass is 10.2. The van der Waals surface area contributed by atoms with E-state index in [1.807, 2.05) is 0 Å². The fourth-order valence-corrected chi connectivity index (χ4v) is 2.18. The van der Waals surface area contributed by atoms with Crippen LogP contribution in [0.3, 0.4) is 0 Å². The summed E-state index contributed by atoms with van der Waals surface area (Å²) in [6, 6.07) is 4.02. The van der Waals surface area contributed by atoms with Crippen molar-refractivity contribution in [2.45, 2.75) is 0 Å². The molecule has 0 aliphatic rings. The van der Waals surface area contributed by atoms with Gasteiger partial charge < -0.3 is 9.84 Å². The lowest BCUT2D eigenvalue weighted by Gasteiger charge is -2.10. The number of hydrogen-bond donors (Lipinski definition) is 2. The molecule has 0 bridgehead atoms. The molecule has 0 spiro atoms. The van der Waals surface area contributed by atoms with Crippen LogP contribution >= 0.6 is 0 Å². The van der Waals surface area contributed by atoms with E-state index < -0.39 is 16.0 Å². The van der Waals surface area contributed by atoms with Crippen LogP contribution in [0.4, 0.5) is 5.69 Å². The smallest absolute Gasteiger partial charge is 0.337 e. The van der Waals surface area contributed by atoms with Crippen molar-refractivity contribution in [2.24, 2.45) is 0 Å². The number of sulfonamides is 1. The van der Waals surface area contributed by atoms with Crippen LogP contribution in [0.2, 0.25) is 0 Å². The second-order valence-corrected chi connectivity index (χ2v) is 5.16. The minimum absolute atomic E-state index is 0.0382. The molecule has 98 valence electrons. The molecule has 1 aromatic carbocycles. The zero-order chi connectivity index (χ0) is 13.8. The van der Waals surface area contributed by atoms with Gasteiger partial charge in [0.15, 0.2) is 0 Å². The van der Waals surface area contributed by atoms with Gasteiger partial charge in [0.2, 0.25) is 10.0 Å². The Bertz CT molecular complexity index is 565.